The van der Waals surface area contributed by atoms with Crippen molar-refractivity contribution < 1.29 is 17.8 Å². The molecule has 1 unspecified atom stereocenters. The van der Waals surface area contributed by atoms with Crippen LogP contribution in [0.15, 0.2) is 18.2 Å². The van der Waals surface area contributed by atoms with E-state index in [1.165, 1.54) is 12.1 Å². The van der Waals surface area contributed by atoms with Gasteiger partial charge in [0.2, 0.25) is 0 Å². The van der Waals surface area contributed by atoms with Crippen LogP contribution in [0.25, 0.3) is 0 Å². The molecule has 0 bridgehead atoms. The molecule has 0 aliphatic heterocycles. The summed E-state index contributed by atoms with van der Waals surface area (Å²) in [4.78, 5) is 0. The Hall–Kier alpha value is -0.473. The van der Waals surface area contributed by atoms with Gasteiger partial charge in [0.15, 0.2) is 8.32 Å². The van der Waals surface area contributed by atoms with Crippen molar-refractivity contribution in [2.24, 2.45) is 0 Å². The molecule has 0 aliphatic rings. The smallest absolute Gasteiger partial charge is 0.192 e. The predicted molar refractivity (Wildman–Crippen MR) is 103 cm³/mol. The van der Waals surface area contributed by atoms with Crippen LogP contribution in [-0.4, -0.2) is 24.2 Å². The van der Waals surface area contributed by atoms with Gasteiger partial charge in [-0.15, -0.1) is 4.72 Å². The monoisotopic (exact) mass is 391 g/mol. The van der Waals surface area contributed by atoms with Crippen LogP contribution in [0.1, 0.15) is 53.1 Å². The van der Waals surface area contributed by atoms with Crippen LogP contribution < -0.4 is 4.72 Å². The Bertz CT molecular complexity index is 565. The largest absolute Gasteiger partial charge is 0.598 e. The molecule has 0 radical (unpaired) electrons. The molecule has 1 rings (SSSR count). The lowest BCUT2D eigenvalue weighted by atomic mass is 10.1. The molecule has 3 nitrogen and oxygen atoms in total. The molecule has 0 aliphatic carbocycles. The van der Waals surface area contributed by atoms with E-state index in [4.69, 9.17) is 4.43 Å². The molecular formula is C18H31F2NO2SSi. The van der Waals surface area contributed by atoms with E-state index in [1.54, 1.807) is 0 Å². The van der Waals surface area contributed by atoms with Gasteiger partial charge in [-0.3, -0.25) is 0 Å². The zero-order chi connectivity index (χ0) is 19.6. The number of nitrogens with one attached hydrogen (secondary N) is 1. The summed E-state index contributed by atoms with van der Waals surface area (Å²) in [7, 11) is -2.05. The van der Waals surface area contributed by atoms with Gasteiger partial charge in [-0.1, -0.05) is 20.8 Å². The van der Waals surface area contributed by atoms with E-state index in [0.29, 0.717) is 5.56 Å². The van der Waals surface area contributed by atoms with Crippen LogP contribution in [0.4, 0.5) is 8.78 Å². The maximum Gasteiger partial charge on any atom is 0.192 e. The van der Waals surface area contributed by atoms with Gasteiger partial charge < -0.3 is 8.98 Å². The van der Waals surface area contributed by atoms with E-state index in [-0.39, 0.29) is 11.6 Å². The zero-order valence-electron chi connectivity index (χ0n) is 16.5. The molecule has 25 heavy (non-hydrogen) atoms. The lowest BCUT2D eigenvalue weighted by Crippen LogP contribution is -2.46. The fourth-order valence-electron chi connectivity index (χ4n) is 1.79. The van der Waals surface area contributed by atoms with Crippen molar-refractivity contribution in [1.82, 2.24) is 4.72 Å². The van der Waals surface area contributed by atoms with Crippen LogP contribution in [0.3, 0.4) is 0 Å². The maximum atomic E-state index is 13.6. The molecule has 7 heteroatoms. The first-order valence-electron chi connectivity index (χ1n) is 8.41. The molecule has 1 aromatic carbocycles. The lowest BCUT2D eigenvalue weighted by molar-refractivity contribution is 0.255. The number of benzene rings is 1. The first-order valence-corrected chi connectivity index (χ1v) is 12.5. The second-order valence-electron chi connectivity index (χ2n) is 8.83. The highest BCUT2D eigenvalue weighted by Crippen LogP contribution is 2.37. The normalized spacial score (nSPS) is 16.0. The number of hydrogen-bond acceptors (Lipinski definition) is 3. The van der Waals surface area contributed by atoms with Gasteiger partial charge in [0, 0.05) is 17.4 Å². The highest BCUT2D eigenvalue weighted by molar-refractivity contribution is 7.90. The van der Waals surface area contributed by atoms with Gasteiger partial charge >= 0.3 is 0 Å². The Morgan fingerprint density at radius 1 is 1.08 bits per heavy atom. The third-order valence-electron chi connectivity index (χ3n) is 4.51. The van der Waals surface area contributed by atoms with Crippen molar-refractivity contribution in [3.05, 3.63) is 35.4 Å². The maximum absolute atomic E-state index is 13.6. The Morgan fingerprint density at radius 3 is 1.96 bits per heavy atom. The van der Waals surface area contributed by atoms with Crippen molar-refractivity contribution in [1.29, 1.82) is 0 Å². The summed E-state index contributed by atoms with van der Waals surface area (Å²) >= 11 is -1.39. The van der Waals surface area contributed by atoms with Gasteiger partial charge in [0.25, 0.3) is 0 Å². The van der Waals surface area contributed by atoms with Gasteiger partial charge in [-0.2, -0.15) is 0 Å². The van der Waals surface area contributed by atoms with Gasteiger partial charge in [0.05, 0.1) is 12.6 Å². The van der Waals surface area contributed by atoms with Crippen LogP contribution in [0.2, 0.25) is 18.1 Å². The van der Waals surface area contributed by atoms with Crippen molar-refractivity contribution in [2.45, 2.75) is 70.5 Å². The van der Waals surface area contributed by atoms with Gasteiger partial charge in [0.1, 0.15) is 16.4 Å². The topological polar surface area (TPSA) is 44.3 Å². The summed E-state index contributed by atoms with van der Waals surface area (Å²) < 4.78 is 48.5. The standard InChI is InChI=1S/C18H31F2NO2SSi/c1-17(2,3)24(22)21-16(12-23-25(7,8)18(4,5)6)13-9-14(19)11-15(20)10-13/h9-11,16,21H,12H2,1-8H3/t16-,24?/m0/s1. The average molecular weight is 392 g/mol. The van der Waals surface area contributed by atoms with E-state index in [2.05, 4.69) is 38.6 Å². The van der Waals surface area contributed by atoms with Crippen molar-refractivity contribution in [2.75, 3.05) is 6.61 Å². The third kappa shape index (κ3) is 6.64. The SMILES string of the molecule is CC(C)(C)[S+]([O-])N[C@@H](CO[Si](C)(C)C(C)(C)C)c1cc(F)cc(F)c1. The van der Waals surface area contributed by atoms with E-state index in [0.717, 1.165) is 6.07 Å². The molecule has 1 N–H and O–H groups in total. The highest BCUT2D eigenvalue weighted by Gasteiger charge is 2.38. The number of hydrogen-bond donors (Lipinski definition) is 1. The van der Waals surface area contributed by atoms with Crippen LogP contribution in [0, 0.1) is 11.6 Å². The summed E-state index contributed by atoms with van der Waals surface area (Å²) in [5, 5.41) is 0.00785. The van der Waals surface area contributed by atoms with Gasteiger partial charge in [-0.25, -0.2) is 8.78 Å². The molecule has 1 aromatic rings. The summed E-state index contributed by atoms with van der Waals surface area (Å²) in [5.41, 5.74) is 0.397. The molecule has 0 saturated carbocycles. The Balaban J connectivity index is 3.07. The highest BCUT2D eigenvalue weighted by atomic mass is 32.2. The Morgan fingerprint density at radius 2 is 1.56 bits per heavy atom. The van der Waals surface area contributed by atoms with Crippen molar-refractivity contribution >= 4 is 19.7 Å². The molecule has 0 aromatic heterocycles. The molecule has 2 atom stereocenters. The molecule has 0 amide bonds. The Kier molecular flexibility index (Phi) is 7.26. The third-order valence-corrected chi connectivity index (χ3v) is 10.6. The minimum Gasteiger partial charge on any atom is -0.598 e. The fraction of sp³-hybridized carbons (Fsp3) is 0.667. The molecule has 0 heterocycles. The average Bonchev–Trinajstić information content (AvgIpc) is 2.39. The fourth-order valence-corrected chi connectivity index (χ4v) is 3.62. The quantitative estimate of drug-likeness (QED) is 0.543. The van der Waals surface area contributed by atoms with E-state index >= 15 is 0 Å². The van der Waals surface area contributed by atoms with Crippen LogP contribution in [-0.2, 0) is 15.8 Å². The summed E-state index contributed by atoms with van der Waals surface area (Å²) in [6, 6.07) is 2.79. The van der Waals surface area contributed by atoms with Crippen LogP contribution in [0.5, 0.6) is 0 Å². The minimum absolute atomic E-state index is 0.00785. The molecule has 0 spiro atoms. The van der Waals surface area contributed by atoms with Crippen molar-refractivity contribution in [3.63, 3.8) is 0 Å². The van der Waals surface area contributed by atoms with E-state index < -0.39 is 42.1 Å². The number of rotatable bonds is 6. The summed E-state index contributed by atoms with van der Waals surface area (Å²) in [5.74, 6) is -1.31. The summed E-state index contributed by atoms with van der Waals surface area (Å²) in [6.45, 7) is 16.3. The zero-order valence-corrected chi connectivity index (χ0v) is 18.3. The van der Waals surface area contributed by atoms with Gasteiger partial charge in [-0.05, 0) is 56.6 Å². The minimum atomic E-state index is -2.05. The first kappa shape index (κ1) is 22.6. The van der Waals surface area contributed by atoms with Crippen molar-refractivity contribution in [3.8, 4) is 0 Å². The first-order chi connectivity index (χ1) is 11.1. The lowest BCUT2D eigenvalue weighted by Gasteiger charge is -2.37. The predicted octanol–water partition coefficient (Wildman–Crippen LogP) is 5.08. The molecule has 0 fully saturated rings. The summed E-state index contributed by atoms with van der Waals surface area (Å²) in [6.07, 6.45) is 0. The second kappa shape index (κ2) is 8.04. The van der Waals surface area contributed by atoms with E-state index in [9.17, 15) is 13.3 Å². The molecule has 144 valence electrons. The van der Waals surface area contributed by atoms with E-state index in [1.807, 2.05) is 20.8 Å². The molecular weight excluding hydrogens is 360 g/mol. The molecule has 0 saturated heterocycles. The second-order valence-corrected chi connectivity index (χ2v) is 15.6. The van der Waals surface area contributed by atoms with Crippen LogP contribution >= 0.6 is 0 Å². The Labute approximate surface area is 155 Å². The number of halogens is 2.